The van der Waals surface area contributed by atoms with Gasteiger partial charge < -0.3 is 25.4 Å². The quantitative estimate of drug-likeness (QED) is 0.366. The monoisotopic (exact) mass is 585 g/mol. The van der Waals surface area contributed by atoms with Gasteiger partial charge >= 0.3 is 12.1 Å². The van der Waals surface area contributed by atoms with Crippen molar-refractivity contribution < 1.29 is 29.0 Å². The number of piperidine rings is 1. The standard InChI is InChI=1S/C32H31N3O6S/c36-29(37)15-19-7-1-2-8-20(19)16-33-30(38)27-18-42-28-14-13-26(31(39)35(27)28)34-32(40)41-17-25-23-11-5-3-9-21(23)22-10-4-6-12-24(22)25/h1-12,25-28H,13-18H2,(H,33,38)(H,34,40)(H,36,37)/t26-,27-,28-/m0/s1. The van der Waals surface area contributed by atoms with E-state index >= 15 is 0 Å². The van der Waals surface area contributed by atoms with Crippen molar-refractivity contribution in [2.24, 2.45) is 0 Å². The minimum Gasteiger partial charge on any atom is -0.481 e. The van der Waals surface area contributed by atoms with Crippen LogP contribution in [-0.4, -0.2) is 63.7 Å². The van der Waals surface area contributed by atoms with E-state index in [1.807, 2.05) is 36.4 Å². The maximum absolute atomic E-state index is 13.5. The van der Waals surface area contributed by atoms with Gasteiger partial charge in [-0.2, -0.15) is 0 Å². The number of carboxylic acids is 1. The van der Waals surface area contributed by atoms with Gasteiger partial charge in [-0.15, -0.1) is 11.8 Å². The minimum atomic E-state index is -0.947. The van der Waals surface area contributed by atoms with Crippen molar-refractivity contribution in [2.75, 3.05) is 12.4 Å². The zero-order chi connectivity index (χ0) is 29.2. The number of alkyl carbamates (subject to hydrolysis) is 1. The molecule has 3 aliphatic rings. The van der Waals surface area contributed by atoms with E-state index in [0.717, 1.165) is 27.8 Å². The summed E-state index contributed by atoms with van der Waals surface area (Å²) in [4.78, 5) is 52.3. The fourth-order valence-corrected chi connectivity index (χ4v) is 7.61. The van der Waals surface area contributed by atoms with Crippen LogP contribution < -0.4 is 10.6 Å². The summed E-state index contributed by atoms with van der Waals surface area (Å²) in [7, 11) is 0. The Morgan fingerprint density at radius 3 is 2.24 bits per heavy atom. The SMILES string of the molecule is O=C(O)Cc1ccccc1CNC(=O)[C@@H]1CS[C@H]2CC[C@H](NC(=O)OCC3c4ccccc4-c4ccccc43)C(=O)N21. The molecular formula is C32H31N3O6S. The molecule has 42 heavy (non-hydrogen) atoms. The van der Waals surface area contributed by atoms with Gasteiger partial charge in [-0.05, 0) is 46.2 Å². The fourth-order valence-electron chi connectivity index (χ4n) is 6.18. The number of carbonyl (C=O) groups is 4. The first-order valence-corrected chi connectivity index (χ1v) is 15.1. The molecule has 0 radical (unpaired) electrons. The minimum absolute atomic E-state index is 0.0849. The third kappa shape index (κ3) is 5.46. The second kappa shape index (κ2) is 11.9. The van der Waals surface area contributed by atoms with Crippen LogP contribution in [0.5, 0.6) is 0 Å². The normalized spacial score (nSPS) is 20.8. The van der Waals surface area contributed by atoms with E-state index in [1.165, 1.54) is 0 Å². The Kier molecular flexibility index (Phi) is 7.88. The van der Waals surface area contributed by atoms with Gasteiger partial charge in [0.2, 0.25) is 11.8 Å². The number of fused-ring (bicyclic) bond motifs is 4. The highest BCUT2D eigenvalue weighted by atomic mass is 32.2. The highest BCUT2D eigenvalue weighted by Crippen LogP contribution is 2.44. The summed E-state index contributed by atoms with van der Waals surface area (Å²) in [5.74, 6) is -1.17. The molecule has 0 aromatic heterocycles. The average molecular weight is 586 g/mol. The Bertz CT molecular complexity index is 1500. The zero-order valence-electron chi connectivity index (χ0n) is 22.8. The first kappa shape index (κ1) is 27.8. The van der Waals surface area contributed by atoms with Crippen molar-refractivity contribution in [2.45, 2.75) is 49.2 Å². The topological polar surface area (TPSA) is 125 Å². The number of benzene rings is 3. The molecule has 0 unspecified atom stereocenters. The van der Waals surface area contributed by atoms with E-state index in [-0.39, 0.29) is 42.7 Å². The molecule has 3 aromatic carbocycles. The van der Waals surface area contributed by atoms with Crippen molar-refractivity contribution in [3.63, 3.8) is 0 Å². The molecule has 6 rings (SSSR count). The molecule has 2 fully saturated rings. The molecule has 0 saturated carbocycles. The molecule has 2 heterocycles. The van der Waals surface area contributed by atoms with E-state index in [1.54, 1.807) is 40.9 Å². The number of hydrogen-bond acceptors (Lipinski definition) is 6. The van der Waals surface area contributed by atoms with Crippen LogP contribution in [0.2, 0.25) is 0 Å². The summed E-state index contributed by atoms with van der Waals surface area (Å²) in [5, 5.41) is 14.7. The van der Waals surface area contributed by atoms with E-state index in [4.69, 9.17) is 4.74 Å². The molecule has 2 saturated heterocycles. The molecule has 216 valence electrons. The Hall–Kier alpha value is -4.31. The van der Waals surface area contributed by atoms with Crippen LogP contribution in [0.4, 0.5) is 4.79 Å². The number of nitrogens with zero attached hydrogens (tertiary/aromatic N) is 1. The van der Waals surface area contributed by atoms with Crippen LogP contribution in [0.3, 0.4) is 0 Å². The van der Waals surface area contributed by atoms with Crippen LogP contribution in [0.25, 0.3) is 11.1 Å². The number of amides is 3. The molecule has 3 atom stereocenters. The van der Waals surface area contributed by atoms with E-state index in [2.05, 4.69) is 22.8 Å². The molecule has 0 bridgehead atoms. The fraction of sp³-hybridized carbons (Fsp3) is 0.312. The molecule has 3 aromatic rings. The lowest BCUT2D eigenvalue weighted by Gasteiger charge is -2.36. The van der Waals surface area contributed by atoms with E-state index in [9.17, 15) is 24.3 Å². The largest absolute Gasteiger partial charge is 0.481 e. The highest BCUT2D eigenvalue weighted by Gasteiger charge is 2.47. The van der Waals surface area contributed by atoms with Crippen molar-refractivity contribution in [3.8, 4) is 11.1 Å². The van der Waals surface area contributed by atoms with Crippen molar-refractivity contribution in [1.82, 2.24) is 15.5 Å². The summed E-state index contributed by atoms with van der Waals surface area (Å²) in [5.41, 5.74) is 5.84. The van der Waals surface area contributed by atoms with Gasteiger partial charge in [0.05, 0.1) is 11.8 Å². The van der Waals surface area contributed by atoms with Gasteiger partial charge in [-0.3, -0.25) is 14.4 Å². The Labute approximate surface area is 247 Å². The summed E-state index contributed by atoms with van der Waals surface area (Å²) in [6.07, 6.45) is 0.321. The molecule has 9 nitrogen and oxygen atoms in total. The number of ether oxygens (including phenoxy) is 1. The van der Waals surface area contributed by atoms with Crippen LogP contribution in [-0.2, 0) is 32.1 Å². The smallest absolute Gasteiger partial charge is 0.407 e. The molecule has 0 spiro atoms. The number of nitrogens with one attached hydrogen (secondary N) is 2. The molecular weight excluding hydrogens is 554 g/mol. The third-order valence-electron chi connectivity index (χ3n) is 8.20. The first-order valence-electron chi connectivity index (χ1n) is 14.0. The summed E-state index contributed by atoms with van der Waals surface area (Å²) < 4.78 is 5.66. The van der Waals surface area contributed by atoms with Gasteiger partial charge in [-0.1, -0.05) is 72.8 Å². The lowest BCUT2D eigenvalue weighted by atomic mass is 9.98. The van der Waals surface area contributed by atoms with E-state index < -0.39 is 24.1 Å². The van der Waals surface area contributed by atoms with Gasteiger partial charge in [0, 0.05) is 18.2 Å². The van der Waals surface area contributed by atoms with Crippen molar-refractivity contribution >= 4 is 35.6 Å². The summed E-state index contributed by atoms with van der Waals surface area (Å²) in [6, 6.07) is 21.8. The number of thioether (sulfide) groups is 1. The number of carbonyl (C=O) groups excluding carboxylic acids is 3. The molecule has 10 heteroatoms. The number of hydrogen-bond donors (Lipinski definition) is 3. The second-order valence-corrected chi connectivity index (χ2v) is 11.9. The average Bonchev–Trinajstić information content (AvgIpc) is 3.57. The lowest BCUT2D eigenvalue weighted by molar-refractivity contribution is -0.143. The Morgan fingerprint density at radius 2 is 1.55 bits per heavy atom. The van der Waals surface area contributed by atoms with Gasteiger partial charge in [-0.25, -0.2) is 4.79 Å². The van der Waals surface area contributed by atoms with E-state index in [0.29, 0.717) is 24.2 Å². The molecule has 3 N–H and O–H groups in total. The highest BCUT2D eigenvalue weighted by molar-refractivity contribution is 8.00. The maximum Gasteiger partial charge on any atom is 0.407 e. The summed E-state index contributed by atoms with van der Waals surface area (Å²) in [6.45, 7) is 0.314. The zero-order valence-corrected chi connectivity index (χ0v) is 23.6. The molecule has 2 aliphatic heterocycles. The summed E-state index contributed by atoms with van der Waals surface area (Å²) >= 11 is 1.56. The third-order valence-corrected chi connectivity index (χ3v) is 9.55. The van der Waals surface area contributed by atoms with Crippen LogP contribution in [0.1, 0.15) is 41.0 Å². The van der Waals surface area contributed by atoms with Gasteiger partial charge in [0.15, 0.2) is 0 Å². The van der Waals surface area contributed by atoms with Crippen LogP contribution in [0, 0.1) is 0 Å². The van der Waals surface area contributed by atoms with Crippen LogP contribution in [0.15, 0.2) is 72.8 Å². The predicted octanol–water partition coefficient (Wildman–Crippen LogP) is 3.90. The Balaban J connectivity index is 1.06. The van der Waals surface area contributed by atoms with Crippen LogP contribution >= 0.6 is 11.8 Å². The number of aliphatic carboxylic acids is 1. The second-order valence-electron chi connectivity index (χ2n) is 10.7. The van der Waals surface area contributed by atoms with Crippen molar-refractivity contribution in [1.29, 1.82) is 0 Å². The molecule has 3 amide bonds. The van der Waals surface area contributed by atoms with Crippen molar-refractivity contribution in [3.05, 3.63) is 95.1 Å². The predicted molar refractivity (Wildman–Crippen MR) is 158 cm³/mol. The maximum atomic E-state index is 13.5. The Morgan fingerprint density at radius 1 is 0.905 bits per heavy atom. The first-order chi connectivity index (χ1) is 20.4. The number of rotatable bonds is 8. The van der Waals surface area contributed by atoms with Gasteiger partial charge in [0.1, 0.15) is 18.7 Å². The molecule has 1 aliphatic carbocycles. The van der Waals surface area contributed by atoms with Gasteiger partial charge in [0.25, 0.3) is 0 Å². The number of carboxylic acid groups (broad SMARTS) is 1. The lowest BCUT2D eigenvalue weighted by Crippen LogP contribution is -2.59.